The van der Waals surface area contributed by atoms with Crippen molar-refractivity contribution in [2.24, 2.45) is 0 Å². The lowest BCUT2D eigenvalue weighted by Crippen LogP contribution is -2.30. The highest BCUT2D eigenvalue weighted by molar-refractivity contribution is 6.32. The fraction of sp³-hybridized carbons (Fsp3) is 0.231. The largest absolute Gasteiger partial charge is 0.454 e. The summed E-state index contributed by atoms with van der Waals surface area (Å²) in [4.78, 5) is 24.7. The van der Waals surface area contributed by atoms with Crippen molar-refractivity contribution in [3.05, 3.63) is 28.4 Å². The normalized spacial score (nSPS) is 18.9. The molecular formula is C13H11ClN2O4. The van der Waals surface area contributed by atoms with Crippen molar-refractivity contribution >= 4 is 29.6 Å². The maximum atomic E-state index is 12.0. The van der Waals surface area contributed by atoms with Crippen LogP contribution in [0.15, 0.2) is 17.8 Å². The van der Waals surface area contributed by atoms with Gasteiger partial charge in [0.25, 0.3) is 5.91 Å². The summed E-state index contributed by atoms with van der Waals surface area (Å²) >= 11 is 6.12. The van der Waals surface area contributed by atoms with Gasteiger partial charge in [0.05, 0.1) is 5.02 Å². The van der Waals surface area contributed by atoms with E-state index in [9.17, 15) is 9.59 Å². The first-order valence-corrected chi connectivity index (χ1v) is 6.41. The minimum absolute atomic E-state index is 0.144. The lowest BCUT2D eigenvalue weighted by molar-refractivity contribution is -0.122. The Morgan fingerprint density at radius 2 is 2.05 bits per heavy atom. The molecule has 7 heteroatoms. The van der Waals surface area contributed by atoms with Gasteiger partial charge in [-0.15, -0.1) is 0 Å². The molecule has 0 radical (unpaired) electrons. The number of rotatable bonds is 2. The van der Waals surface area contributed by atoms with Crippen molar-refractivity contribution in [2.45, 2.75) is 6.92 Å². The first kappa shape index (κ1) is 12.8. The van der Waals surface area contributed by atoms with E-state index in [-0.39, 0.29) is 18.4 Å². The van der Waals surface area contributed by atoms with E-state index < -0.39 is 6.03 Å². The number of halogens is 1. The van der Waals surface area contributed by atoms with Crippen LogP contribution >= 0.6 is 11.6 Å². The van der Waals surface area contributed by atoms with Crippen LogP contribution in [-0.2, 0) is 4.79 Å². The van der Waals surface area contributed by atoms with Crippen LogP contribution in [0.3, 0.4) is 0 Å². The summed E-state index contributed by atoms with van der Waals surface area (Å²) in [5.41, 5.74) is 0.773. The van der Waals surface area contributed by atoms with Gasteiger partial charge in [-0.2, -0.15) is 0 Å². The van der Waals surface area contributed by atoms with Gasteiger partial charge in [-0.05, 0) is 24.6 Å². The number of amides is 3. The van der Waals surface area contributed by atoms with E-state index in [1.165, 1.54) is 6.08 Å². The van der Waals surface area contributed by atoms with Gasteiger partial charge in [0.1, 0.15) is 5.70 Å². The number of benzene rings is 1. The number of urea groups is 1. The molecule has 0 saturated carbocycles. The number of ether oxygens (including phenoxy) is 2. The van der Waals surface area contributed by atoms with E-state index in [1.807, 2.05) is 0 Å². The van der Waals surface area contributed by atoms with E-state index in [0.717, 1.165) is 4.90 Å². The molecule has 0 unspecified atom stereocenters. The average Bonchev–Trinajstić information content (AvgIpc) is 2.95. The Labute approximate surface area is 119 Å². The summed E-state index contributed by atoms with van der Waals surface area (Å²) in [6.45, 7) is 2.19. The maximum Gasteiger partial charge on any atom is 0.328 e. The molecule has 2 aliphatic heterocycles. The Hall–Kier alpha value is -2.21. The van der Waals surface area contributed by atoms with Crippen LogP contribution in [0.1, 0.15) is 12.5 Å². The first-order chi connectivity index (χ1) is 9.60. The molecule has 1 saturated heterocycles. The monoisotopic (exact) mass is 294 g/mol. The van der Waals surface area contributed by atoms with Gasteiger partial charge in [-0.1, -0.05) is 11.6 Å². The Kier molecular flexibility index (Phi) is 3.02. The average molecular weight is 295 g/mol. The van der Waals surface area contributed by atoms with Crippen LogP contribution in [0, 0.1) is 0 Å². The minimum atomic E-state index is -0.430. The zero-order valence-electron chi connectivity index (χ0n) is 10.6. The fourth-order valence-corrected chi connectivity index (χ4v) is 2.27. The van der Waals surface area contributed by atoms with E-state index in [4.69, 9.17) is 21.1 Å². The summed E-state index contributed by atoms with van der Waals surface area (Å²) < 4.78 is 10.5. The van der Waals surface area contributed by atoms with Crippen molar-refractivity contribution in [2.75, 3.05) is 13.3 Å². The van der Waals surface area contributed by atoms with Gasteiger partial charge < -0.3 is 14.8 Å². The second-order valence-electron chi connectivity index (χ2n) is 4.26. The topological polar surface area (TPSA) is 67.9 Å². The number of hydrogen-bond acceptors (Lipinski definition) is 4. The Bertz CT molecular complexity index is 642. The summed E-state index contributed by atoms with van der Waals surface area (Å²) in [6.07, 6.45) is 1.53. The number of likely N-dealkylation sites (N-methyl/N-ethyl adjacent to an activating group) is 1. The van der Waals surface area contributed by atoms with Gasteiger partial charge in [-0.25, -0.2) is 4.79 Å². The number of fused-ring (bicyclic) bond motifs is 1. The second-order valence-corrected chi connectivity index (χ2v) is 4.67. The standard InChI is InChI=1S/C13H11ClN2O4/c1-2-16-12(17)9(15-13(16)18)3-7-4-10-11(5-8(7)14)20-6-19-10/h3-5H,2,6H2,1H3,(H,15,18)/b9-3+. The summed E-state index contributed by atoms with van der Waals surface area (Å²) in [6, 6.07) is 2.86. The van der Waals surface area contributed by atoms with Crippen LogP contribution in [0.25, 0.3) is 6.08 Å². The maximum absolute atomic E-state index is 12.0. The molecule has 0 spiro atoms. The van der Waals surface area contributed by atoms with Crippen LogP contribution in [0.2, 0.25) is 5.02 Å². The molecule has 6 nitrogen and oxygen atoms in total. The lowest BCUT2D eigenvalue weighted by atomic mass is 10.1. The van der Waals surface area contributed by atoms with Gasteiger partial charge in [0, 0.05) is 12.6 Å². The van der Waals surface area contributed by atoms with E-state index >= 15 is 0 Å². The highest BCUT2D eigenvalue weighted by Gasteiger charge is 2.32. The third-order valence-electron chi connectivity index (χ3n) is 3.07. The molecule has 104 valence electrons. The molecule has 0 atom stereocenters. The summed E-state index contributed by atoms with van der Waals surface area (Å²) in [5, 5.41) is 2.93. The molecule has 20 heavy (non-hydrogen) atoms. The molecule has 0 aromatic heterocycles. The third-order valence-corrected chi connectivity index (χ3v) is 3.40. The van der Waals surface area contributed by atoms with Crippen LogP contribution in [0.5, 0.6) is 11.5 Å². The van der Waals surface area contributed by atoms with E-state index in [0.29, 0.717) is 28.6 Å². The van der Waals surface area contributed by atoms with E-state index in [1.54, 1.807) is 19.1 Å². The number of carbonyl (C=O) groups is 2. The van der Waals surface area contributed by atoms with E-state index in [2.05, 4.69) is 5.32 Å². The van der Waals surface area contributed by atoms with Crippen molar-refractivity contribution in [3.63, 3.8) is 0 Å². The highest BCUT2D eigenvalue weighted by atomic mass is 35.5. The van der Waals surface area contributed by atoms with Gasteiger partial charge >= 0.3 is 6.03 Å². The zero-order chi connectivity index (χ0) is 14.3. The fourth-order valence-electron chi connectivity index (χ4n) is 2.06. The van der Waals surface area contributed by atoms with Crippen molar-refractivity contribution in [1.82, 2.24) is 10.2 Å². The molecule has 1 N–H and O–H groups in total. The Morgan fingerprint density at radius 1 is 1.35 bits per heavy atom. The highest BCUT2D eigenvalue weighted by Crippen LogP contribution is 2.37. The lowest BCUT2D eigenvalue weighted by Gasteiger charge is -2.06. The van der Waals surface area contributed by atoms with Gasteiger partial charge in [0.15, 0.2) is 11.5 Å². The molecule has 2 aliphatic rings. The molecule has 0 aliphatic carbocycles. The molecule has 1 aromatic rings. The number of nitrogens with zero attached hydrogens (tertiary/aromatic N) is 1. The molecular weight excluding hydrogens is 284 g/mol. The molecule has 3 rings (SSSR count). The number of imide groups is 1. The first-order valence-electron chi connectivity index (χ1n) is 6.04. The smallest absolute Gasteiger partial charge is 0.328 e. The predicted octanol–water partition coefficient (Wildman–Crippen LogP) is 1.98. The molecule has 0 bridgehead atoms. The molecule has 3 amide bonds. The third kappa shape index (κ3) is 1.98. The Morgan fingerprint density at radius 3 is 2.70 bits per heavy atom. The molecule has 1 aromatic carbocycles. The molecule has 2 heterocycles. The van der Waals surface area contributed by atoms with Crippen LogP contribution in [-0.4, -0.2) is 30.2 Å². The SMILES string of the molecule is CCN1C(=O)N/C(=C/c2cc3c(cc2Cl)OCO3)C1=O. The summed E-state index contributed by atoms with van der Waals surface area (Å²) in [7, 11) is 0. The van der Waals surface area contributed by atoms with Crippen LogP contribution in [0.4, 0.5) is 4.79 Å². The van der Waals surface area contributed by atoms with Crippen LogP contribution < -0.4 is 14.8 Å². The number of hydrogen-bond donors (Lipinski definition) is 1. The van der Waals surface area contributed by atoms with Crippen molar-refractivity contribution < 1.29 is 19.1 Å². The Balaban J connectivity index is 1.97. The summed E-state index contributed by atoms with van der Waals surface area (Å²) in [5.74, 6) is 0.755. The van der Waals surface area contributed by atoms with Gasteiger partial charge in [0.2, 0.25) is 6.79 Å². The van der Waals surface area contributed by atoms with Gasteiger partial charge in [-0.3, -0.25) is 9.69 Å². The quantitative estimate of drug-likeness (QED) is 0.669. The predicted molar refractivity (Wildman–Crippen MR) is 71.5 cm³/mol. The number of nitrogens with one attached hydrogen (secondary N) is 1. The zero-order valence-corrected chi connectivity index (χ0v) is 11.4. The second kappa shape index (κ2) is 4.72. The van der Waals surface area contributed by atoms with Crippen molar-refractivity contribution in [3.8, 4) is 11.5 Å². The number of carbonyl (C=O) groups excluding carboxylic acids is 2. The van der Waals surface area contributed by atoms with Crippen molar-refractivity contribution in [1.29, 1.82) is 0 Å². The molecule has 1 fully saturated rings. The minimum Gasteiger partial charge on any atom is -0.454 e.